The maximum atomic E-state index is 14.0. The average molecular weight is 372 g/mol. The van der Waals surface area contributed by atoms with Gasteiger partial charge in [-0.05, 0) is 24.1 Å². The summed E-state index contributed by atoms with van der Waals surface area (Å²) in [7, 11) is 4.09. The molecule has 0 radical (unpaired) electrons. The lowest BCUT2D eigenvalue weighted by molar-refractivity contribution is -0.856. The number of nitrogens with zero attached hydrogens (tertiary/aromatic N) is 2. The number of quaternary nitrogens is 1. The van der Waals surface area contributed by atoms with Crippen LogP contribution >= 0.6 is 11.3 Å². The molecule has 1 N–H and O–H groups in total. The monoisotopic (exact) mass is 372 g/mol. The highest BCUT2D eigenvalue weighted by atomic mass is 32.1. The molecule has 1 amide bonds. The van der Waals surface area contributed by atoms with Gasteiger partial charge in [-0.2, -0.15) is 0 Å². The molecule has 0 spiro atoms. The van der Waals surface area contributed by atoms with Crippen LogP contribution in [0, 0.1) is 5.82 Å². The molecule has 6 heteroatoms. The normalized spacial score (nSPS) is 11.2. The lowest BCUT2D eigenvalue weighted by atomic mass is 10.1. The summed E-state index contributed by atoms with van der Waals surface area (Å²) in [6.45, 7) is 1.37. The summed E-state index contributed by atoms with van der Waals surface area (Å²) < 4.78 is 14.7. The van der Waals surface area contributed by atoms with E-state index in [1.54, 1.807) is 11.0 Å². The summed E-state index contributed by atoms with van der Waals surface area (Å²) in [6.07, 6.45) is 1.09. The van der Waals surface area contributed by atoms with Gasteiger partial charge in [0.2, 0.25) is 5.91 Å². The molecule has 0 saturated heterocycles. The van der Waals surface area contributed by atoms with E-state index >= 15 is 0 Å². The molecule has 0 aliphatic rings. The smallest absolute Gasteiger partial charge is 0.229 e. The van der Waals surface area contributed by atoms with E-state index in [4.69, 9.17) is 0 Å². The minimum absolute atomic E-state index is 0.0227. The van der Waals surface area contributed by atoms with E-state index in [-0.39, 0.29) is 11.7 Å². The second-order valence-electron chi connectivity index (χ2n) is 6.57. The van der Waals surface area contributed by atoms with Crippen LogP contribution in [-0.4, -0.2) is 38.1 Å². The first-order chi connectivity index (χ1) is 12.5. The van der Waals surface area contributed by atoms with Crippen LogP contribution < -0.4 is 9.80 Å². The SMILES string of the molecule is C[NH+](C)CCN(C(=O)CCc1ccccc1)c1nc2c(F)cccc2s1. The predicted octanol–water partition coefficient (Wildman–Crippen LogP) is 2.55. The quantitative estimate of drug-likeness (QED) is 0.692. The second kappa shape index (κ2) is 8.38. The highest BCUT2D eigenvalue weighted by Gasteiger charge is 2.21. The van der Waals surface area contributed by atoms with Gasteiger partial charge < -0.3 is 4.90 Å². The minimum atomic E-state index is -0.347. The van der Waals surface area contributed by atoms with Crippen LogP contribution in [0.15, 0.2) is 48.5 Å². The molecular formula is C20H23FN3OS+. The van der Waals surface area contributed by atoms with E-state index in [2.05, 4.69) is 4.98 Å². The zero-order valence-electron chi connectivity index (χ0n) is 15.0. The van der Waals surface area contributed by atoms with Gasteiger partial charge in [0, 0.05) is 6.42 Å². The number of carbonyl (C=O) groups is 1. The summed E-state index contributed by atoms with van der Waals surface area (Å²) in [6, 6.07) is 14.9. The number of hydrogen-bond donors (Lipinski definition) is 1. The molecular weight excluding hydrogens is 349 g/mol. The van der Waals surface area contributed by atoms with E-state index in [1.807, 2.05) is 50.5 Å². The van der Waals surface area contributed by atoms with Crippen molar-refractivity contribution in [2.45, 2.75) is 12.8 Å². The first kappa shape index (κ1) is 18.5. The van der Waals surface area contributed by atoms with Gasteiger partial charge in [0.05, 0.1) is 31.9 Å². The highest BCUT2D eigenvalue weighted by Crippen LogP contribution is 2.30. The second-order valence-corrected chi connectivity index (χ2v) is 7.58. The molecule has 1 heterocycles. The van der Waals surface area contributed by atoms with Crippen molar-refractivity contribution in [3.63, 3.8) is 0 Å². The maximum absolute atomic E-state index is 14.0. The van der Waals surface area contributed by atoms with Crippen molar-refractivity contribution in [1.82, 2.24) is 4.98 Å². The van der Waals surface area contributed by atoms with E-state index in [1.165, 1.54) is 22.3 Å². The molecule has 0 atom stereocenters. The lowest BCUT2D eigenvalue weighted by Gasteiger charge is -2.20. The number of hydrogen-bond acceptors (Lipinski definition) is 3. The number of likely N-dealkylation sites (N-methyl/N-ethyl adjacent to an activating group) is 1. The number of carbonyl (C=O) groups excluding carboxylic acids is 1. The number of aryl methyl sites for hydroxylation is 1. The number of thiazole rings is 1. The lowest BCUT2D eigenvalue weighted by Crippen LogP contribution is -3.06. The number of halogens is 1. The molecule has 0 saturated carbocycles. The zero-order chi connectivity index (χ0) is 18.5. The topological polar surface area (TPSA) is 37.6 Å². The van der Waals surface area contributed by atoms with Gasteiger partial charge in [0.1, 0.15) is 11.3 Å². The molecule has 0 unspecified atom stereocenters. The van der Waals surface area contributed by atoms with Gasteiger partial charge in [-0.3, -0.25) is 9.69 Å². The van der Waals surface area contributed by atoms with Crippen LogP contribution in [0.25, 0.3) is 10.2 Å². The van der Waals surface area contributed by atoms with Gasteiger partial charge in [-0.1, -0.05) is 47.7 Å². The third kappa shape index (κ3) is 4.45. The van der Waals surface area contributed by atoms with Crippen LogP contribution in [0.4, 0.5) is 9.52 Å². The van der Waals surface area contributed by atoms with Crippen molar-refractivity contribution in [3.8, 4) is 0 Å². The van der Waals surface area contributed by atoms with Crippen molar-refractivity contribution in [2.24, 2.45) is 0 Å². The van der Waals surface area contributed by atoms with Gasteiger partial charge >= 0.3 is 0 Å². The Labute approximate surface area is 156 Å². The minimum Gasteiger partial charge on any atom is -0.338 e. The number of fused-ring (bicyclic) bond motifs is 1. The van der Waals surface area contributed by atoms with E-state index < -0.39 is 0 Å². The first-order valence-corrected chi connectivity index (χ1v) is 9.54. The van der Waals surface area contributed by atoms with Crippen LogP contribution in [-0.2, 0) is 11.2 Å². The average Bonchev–Trinajstić information content (AvgIpc) is 3.06. The standard InChI is InChI=1S/C20H22FN3OS/c1-23(2)13-14-24(18(25)12-11-15-7-4-3-5-8-15)20-22-19-16(21)9-6-10-17(19)26-20/h3-10H,11-14H2,1-2H3/p+1. The third-order valence-corrected chi connectivity index (χ3v) is 5.24. The highest BCUT2D eigenvalue weighted by molar-refractivity contribution is 7.22. The summed E-state index contributed by atoms with van der Waals surface area (Å²) in [5.41, 5.74) is 1.47. The summed E-state index contributed by atoms with van der Waals surface area (Å²) in [5, 5.41) is 0.574. The number of rotatable bonds is 7. The molecule has 0 aliphatic carbocycles. The summed E-state index contributed by atoms with van der Waals surface area (Å²) in [5.74, 6) is -0.325. The molecule has 4 nitrogen and oxygen atoms in total. The number of benzene rings is 2. The van der Waals surface area contributed by atoms with E-state index in [0.717, 1.165) is 16.8 Å². The van der Waals surface area contributed by atoms with Gasteiger partial charge in [-0.15, -0.1) is 0 Å². The molecule has 0 fully saturated rings. The van der Waals surface area contributed by atoms with Crippen LogP contribution in [0.5, 0.6) is 0 Å². The fraction of sp³-hybridized carbons (Fsp3) is 0.300. The Hall–Kier alpha value is -2.31. The van der Waals surface area contributed by atoms with Crippen molar-refractivity contribution in [1.29, 1.82) is 0 Å². The fourth-order valence-corrected chi connectivity index (χ4v) is 3.74. The molecule has 0 bridgehead atoms. The van der Waals surface area contributed by atoms with Crippen molar-refractivity contribution in [3.05, 3.63) is 59.9 Å². The molecule has 2 aromatic carbocycles. The largest absolute Gasteiger partial charge is 0.338 e. The van der Waals surface area contributed by atoms with Crippen LogP contribution in [0.3, 0.4) is 0 Å². The van der Waals surface area contributed by atoms with Gasteiger partial charge in [0.25, 0.3) is 0 Å². The number of amides is 1. The Bertz CT molecular complexity index is 879. The first-order valence-electron chi connectivity index (χ1n) is 8.73. The van der Waals surface area contributed by atoms with Crippen LogP contribution in [0.2, 0.25) is 0 Å². The Balaban J connectivity index is 1.81. The zero-order valence-corrected chi connectivity index (χ0v) is 15.9. The molecule has 1 aromatic heterocycles. The molecule has 136 valence electrons. The van der Waals surface area contributed by atoms with Crippen molar-refractivity contribution >= 4 is 32.6 Å². The molecule has 26 heavy (non-hydrogen) atoms. The molecule has 3 aromatic rings. The Morgan fingerprint density at radius 2 is 1.92 bits per heavy atom. The van der Waals surface area contributed by atoms with Crippen molar-refractivity contribution < 1.29 is 14.1 Å². The molecule has 3 rings (SSSR count). The number of aromatic nitrogens is 1. The fourth-order valence-electron chi connectivity index (χ4n) is 2.71. The van der Waals surface area contributed by atoms with Gasteiger partial charge in [0.15, 0.2) is 5.13 Å². The number of para-hydroxylation sites is 1. The van der Waals surface area contributed by atoms with Gasteiger partial charge in [-0.25, -0.2) is 9.37 Å². The van der Waals surface area contributed by atoms with E-state index in [9.17, 15) is 9.18 Å². The maximum Gasteiger partial charge on any atom is 0.229 e. The number of nitrogens with one attached hydrogen (secondary N) is 1. The predicted molar refractivity (Wildman–Crippen MR) is 104 cm³/mol. The summed E-state index contributed by atoms with van der Waals surface area (Å²) in [4.78, 5) is 20.2. The Morgan fingerprint density at radius 1 is 1.15 bits per heavy atom. The Morgan fingerprint density at radius 3 is 2.62 bits per heavy atom. The Kier molecular flexibility index (Phi) is 5.96. The summed E-state index contributed by atoms with van der Waals surface area (Å²) >= 11 is 1.37. The number of anilines is 1. The van der Waals surface area contributed by atoms with E-state index in [0.29, 0.717) is 30.0 Å². The van der Waals surface area contributed by atoms with Crippen LogP contribution in [0.1, 0.15) is 12.0 Å². The molecule has 0 aliphatic heterocycles. The third-order valence-electron chi connectivity index (χ3n) is 4.20. The van der Waals surface area contributed by atoms with Crippen molar-refractivity contribution in [2.75, 3.05) is 32.1 Å².